The summed E-state index contributed by atoms with van der Waals surface area (Å²) in [6.45, 7) is 7.92. The predicted molar refractivity (Wildman–Crippen MR) is 100 cm³/mol. The fourth-order valence-corrected chi connectivity index (χ4v) is 2.98. The molecular formula is C21H25NO3. The topological polar surface area (TPSA) is 38.8 Å². The summed E-state index contributed by atoms with van der Waals surface area (Å²) >= 11 is 0. The first-order chi connectivity index (χ1) is 12.1. The van der Waals surface area contributed by atoms with Gasteiger partial charge in [0.15, 0.2) is 5.78 Å². The third-order valence-corrected chi connectivity index (χ3v) is 4.53. The number of aryl methyl sites for hydroxylation is 1. The molecule has 4 nitrogen and oxygen atoms in total. The Kier molecular flexibility index (Phi) is 5.27. The van der Waals surface area contributed by atoms with Crippen molar-refractivity contribution in [1.29, 1.82) is 0 Å². The van der Waals surface area contributed by atoms with E-state index in [1.807, 2.05) is 42.5 Å². The van der Waals surface area contributed by atoms with Crippen molar-refractivity contribution in [1.82, 2.24) is 0 Å². The van der Waals surface area contributed by atoms with Crippen LogP contribution in [0.4, 0.5) is 5.69 Å². The van der Waals surface area contributed by atoms with Crippen LogP contribution in [0.3, 0.4) is 0 Å². The monoisotopic (exact) mass is 339 g/mol. The van der Waals surface area contributed by atoms with Crippen LogP contribution in [-0.2, 0) is 0 Å². The van der Waals surface area contributed by atoms with Crippen molar-refractivity contribution in [2.45, 2.75) is 33.3 Å². The van der Waals surface area contributed by atoms with Crippen LogP contribution in [0.1, 0.15) is 36.2 Å². The van der Waals surface area contributed by atoms with Crippen LogP contribution in [0.5, 0.6) is 11.5 Å². The Balaban J connectivity index is 1.72. The summed E-state index contributed by atoms with van der Waals surface area (Å²) in [6, 6.07) is 13.7. The average Bonchev–Trinajstić information content (AvgIpc) is 2.62. The molecule has 1 atom stereocenters. The van der Waals surface area contributed by atoms with Crippen LogP contribution in [-0.4, -0.2) is 31.6 Å². The number of carbonyl (C=O) groups excluding carboxylic acids is 1. The number of ketones is 1. The number of hydrogen-bond acceptors (Lipinski definition) is 4. The van der Waals surface area contributed by atoms with Gasteiger partial charge in [-0.3, -0.25) is 4.79 Å². The minimum absolute atomic E-state index is 0.0660. The lowest BCUT2D eigenvalue weighted by Crippen LogP contribution is -2.41. The van der Waals surface area contributed by atoms with E-state index in [9.17, 15) is 4.79 Å². The van der Waals surface area contributed by atoms with Crippen LogP contribution < -0.4 is 14.4 Å². The smallest absolute Gasteiger partial charge is 0.159 e. The van der Waals surface area contributed by atoms with Crippen LogP contribution in [0.15, 0.2) is 42.5 Å². The first kappa shape index (κ1) is 17.3. The summed E-state index contributed by atoms with van der Waals surface area (Å²) in [5.74, 6) is 1.79. The zero-order valence-electron chi connectivity index (χ0n) is 15.1. The van der Waals surface area contributed by atoms with Crippen LogP contribution in [0, 0.1) is 6.92 Å². The van der Waals surface area contributed by atoms with E-state index in [-0.39, 0.29) is 11.9 Å². The van der Waals surface area contributed by atoms with E-state index in [4.69, 9.17) is 9.47 Å². The Morgan fingerprint density at radius 1 is 1.24 bits per heavy atom. The third-order valence-electron chi connectivity index (χ3n) is 4.53. The van der Waals surface area contributed by atoms with Gasteiger partial charge in [0.2, 0.25) is 0 Å². The number of benzene rings is 2. The molecule has 0 spiro atoms. The van der Waals surface area contributed by atoms with E-state index < -0.39 is 0 Å². The second kappa shape index (κ2) is 7.60. The van der Waals surface area contributed by atoms with Gasteiger partial charge >= 0.3 is 0 Å². The van der Waals surface area contributed by atoms with Gasteiger partial charge in [0, 0.05) is 5.56 Å². The summed E-state index contributed by atoms with van der Waals surface area (Å²) in [7, 11) is 0. The molecule has 1 heterocycles. The van der Waals surface area contributed by atoms with E-state index in [2.05, 4.69) is 18.7 Å². The summed E-state index contributed by atoms with van der Waals surface area (Å²) in [4.78, 5) is 14.0. The summed E-state index contributed by atoms with van der Waals surface area (Å²) < 4.78 is 11.9. The molecule has 1 unspecified atom stereocenters. The number of rotatable bonds is 6. The van der Waals surface area contributed by atoms with E-state index >= 15 is 0 Å². The van der Waals surface area contributed by atoms with Crippen molar-refractivity contribution in [3.8, 4) is 11.5 Å². The standard InChI is InChI=1S/C21H25NO3/c1-4-18-14-22(11-12-24-19-8-5-15(2)6-9-19)20-13-17(16(3)23)7-10-21(20)25-18/h5-10,13,18H,4,11-12,14H2,1-3H3. The Bertz CT molecular complexity index is 739. The largest absolute Gasteiger partial charge is 0.492 e. The Labute approximate surface area is 149 Å². The first-order valence-corrected chi connectivity index (χ1v) is 8.83. The van der Waals surface area contributed by atoms with E-state index in [0.29, 0.717) is 12.2 Å². The Hall–Kier alpha value is -2.49. The van der Waals surface area contributed by atoms with Gasteiger partial charge in [0.25, 0.3) is 0 Å². The molecule has 0 saturated heterocycles. The molecular weight excluding hydrogens is 314 g/mol. The summed E-state index contributed by atoms with van der Waals surface area (Å²) in [6.07, 6.45) is 1.11. The molecule has 132 valence electrons. The minimum Gasteiger partial charge on any atom is -0.492 e. The normalized spacial score (nSPS) is 16.1. The lowest BCUT2D eigenvalue weighted by Gasteiger charge is -2.36. The maximum Gasteiger partial charge on any atom is 0.159 e. The van der Waals surface area contributed by atoms with Gasteiger partial charge in [0.05, 0.1) is 18.8 Å². The van der Waals surface area contributed by atoms with E-state index in [1.54, 1.807) is 6.92 Å². The summed E-state index contributed by atoms with van der Waals surface area (Å²) in [5, 5.41) is 0. The zero-order chi connectivity index (χ0) is 17.8. The molecule has 3 rings (SSSR count). The fraction of sp³-hybridized carbons (Fsp3) is 0.381. The number of ether oxygens (including phenoxy) is 2. The molecule has 0 N–H and O–H groups in total. The molecule has 1 aliphatic heterocycles. The maximum atomic E-state index is 11.7. The molecule has 0 radical (unpaired) electrons. The van der Waals surface area contributed by atoms with Crippen molar-refractivity contribution in [2.75, 3.05) is 24.6 Å². The quantitative estimate of drug-likeness (QED) is 0.737. The highest BCUT2D eigenvalue weighted by molar-refractivity contribution is 5.95. The Morgan fingerprint density at radius 3 is 2.68 bits per heavy atom. The minimum atomic E-state index is 0.0660. The number of anilines is 1. The van der Waals surface area contributed by atoms with Crippen molar-refractivity contribution in [2.24, 2.45) is 0 Å². The molecule has 0 saturated carbocycles. The van der Waals surface area contributed by atoms with Crippen molar-refractivity contribution < 1.29 is 14.3 Å². The number of Topliss-reactive ketones (excluding diaryl/α,β-unsaturated/α-hetero) is 1. The van der Waals surface area contributed by atoms with Crippen LogP contribution in [0.25, 0.3) is 0 Å². The third kappa shape index (κ3) is 4.13. The van der Waals surface area contributed by atoms with Crippen molar-refractivity contribution in [3.63, 3.8) is 0 Å². The van der Waals surface area contributed by atoms with Crippen molar-refractivity contribution >= 4 is 11.5 Å². The first-order valence-electron chi connectivity index (χ1n) is 8.83. The van der Waals surface area contributed by atoms with Gasteiger partial charge < -0.3 is 14.4 Å². The molecule has 0 aromatic heterocycles. The molecule has 2 aromatic rings. The van der Waals surface area contributed by atoms with Gasteiger partial charge in [-0.15, -0.1) is 0 Å². The highest BCUT2D eigenvalue weighted by Crippen LogP contribution is 2.35. The van der Waals surface area contributed by atoms with E-state index in [1.165, 1.54) is 5.56 Å². The molecule has 4 heteroatoms. The molecule has 25 heavy (non-hydrogen) atoms. The average molecular weight is 339 g/mol. The van der Waals surface area contributed by atoms with Gasteiger partial charge in [-0.05, 0) is 50.6 Å². The summed E-state index contributed by atoms with van der Waals surface area (Å²) in [5.41, 5.74) is 2.91. The van der Waals surface area contributed by atoms with Gasteiger partial charge in [-0.1, -0.05) is 24.6 Å². The number of carbonyl (C=O) groups is 1. The molecule has 0 aliphatic carbocycles. The lowest BCUT2D eigenvalue weighted by atomic mass is 10.1. The predicted octanol–water partition coefficient (Wildman–Crippen LogP) is 4.25. The SMILES string of the molecule is CCC1CN(CCOc2ccc(C)cc2)c2cc(C(C)=O)ccc2O1. The van der Waals surface area contributed by atoms with Crippen molar-refractivity contribution in [3.05, 3.63) is 53.6 Å². The number of hydrogen-bond donors (Lipinski definition) is 0. The number of fused-ring (bicyclic) bond motifs is 1. The molecule has 2 aromatic carbocycles. The van der Waals surface area contributed by atoms with Gasteiger partial charge in [-0.2, -0.15) is 0 Å². The Morgan fingerprint density at radius 2 is 2.00 bits per heavy atom. The molecule has 1 aliphatic rings. The van der Waals surface area contributed by atoms with E-state index in [0.717, 1.165) is 36.7 Å². The van der Waals surface area contributed by atoms with Crippen LogP contribution >= 0.6 is 0 Å². The lowest BCUT2D eigenvalue weighted by molar-refractivity contribution is 0.101. The fourth-order valence-electron chi connectivity index (χ4n) is 2.98. The number of nitrogens with zero attached hydrogens (tertiary/aromatic N) is 1. The molecule has 0 bridgehead atoms. The second-order valence-corrected chi connectivity index (χ2v) is 6.49. The molecule has 0 amide bonds. The highest BCUT2D eigenvalue weighted by atomic mass is 16.5. The molecule has 0 fully saturated rings. The maximum absolute atomic E-state index is 11.7. The van der Waals surface area contributed by atoms with Crippen LogP contribution in [0.2, 0.25) is 0 Å². The van der Waals surface area contributed by atoms with Gasteiger partial charge in [-0.25, -0.2) is 0 Å². The highest BCUT2D eigenvalue weighted by Gasteiger charge is 2.25. The zero-order valence-corrected chi connectivity index (χ0v) is 15.1. The second-order valence-electron chi connectivity index (χ2n) is 6.49. The van der Waals surface area contributed by atoms with Gasteiger partial charge in [0.1, 0.15) is 24.2 Å².